The summed E-state index contributed by atoms with van der Waals surface area (Å²) in [6.45, 7) is 5.13. The van der Waals surface area contributed by atoms with Gasteiger partial charge in [-0.15, -0.1) is 0 Å². The molecule has 13 heteroatoms. The molecular formula is C25H28F2N10O. The number of hydrazine groups is 1. The van der Waals surface area contributed by atoms with E-state index in [0.717, 1.165) is 12.6 Å². The monoisotopic (exact) mass is 522 g/mol. The van der Waals surface area contributed by atoms with Crippen molar-refractivity contribution < 1.29 is 13.6 Å². The highest BCUT2D eigenvalue weighted by molar-refractivity contribution is 5.89. The molecule has 198 valence electrons. The van der Waals surface area contributed by atoms with E-state index in [1.165, 1.54) is 17.1 Å². The Kier molecular flexibility index (Phi) is 6.68. The van der Waals surface area contributed by atoms with E-state index in [1.54, 1.807) is 36.9 Å². The number of amides is 1. The van der Waals surface area contributed by atoms with Gasteiger partial charge in [0.1, 0.15) is 17.7 Å². The minimum Gasteiger partial charge on any atom is -0.353 e. The highest BCUT2D eigenvalue weighted by Crippen LogP contribution is 2.34. The number of pyridine rings is 2. The summed E-state index contributed by atoms with van der Waals surface area (Å²) in [6.07, 6.45) is 4.61. The van der Waals surface area contributed by atoms with E-state index in [0.29, 0.717) is 40.2 Å². The standard InChI is InChI=1S/C25H28F2N10O/c1-14-6-20(32-21-7-15(2)34-35-21)33-23(19(14)8-28)36-12-25(27,13-36)24(38)31-16(3)17-4-5-22(29-9-17)37-11-18(26)10-30-37/h4-6,9-11,15-16,21,34-35H,7,12-13H2,1-3H3,(H,31,38)(H,32,33)/t15?,16-,21?/m0/s1. The molecule has 0 saturated carbocycles. The molecule has 0 bridgehead atoms. The van der Waals surface area contributed by atoms with Crippen LogP contribution in [-0.2, 0) is 4.79 Å². The molecule has 3 aromatic rings. The fourth-order valence-corrected chi connectivity index (χ4v) is 4.56. The van der Waals surface area contributed by atoms with Gasteiger partial charge in [0.25, 0.3) is 5.91 Å². The molecule has 11 nitrogen and oxygen atoms in total. The maximum atomic E-state index is 15.5. The molecule has 4 N–H and O–H groups in total. The van der Waals surface area contributed by atoms with Crippen molar-refractivity contribution in [2.45, 2.75) is 51.1 Å². The molecule has 2 unspecified atom stereocenters. The SMILES string of the molecule is Cc1cc(NC2CC(C)NN2)nc(N2CC(F)(C(=O)N[C@@H](C)c3ccc(-n4cc(F)cn4)nc3)C2)c1C#N. The Balaban J connectivity index is 1.23. The van der Waals surface area contributed by atoms with Crippen molar-refractivity contribution >= 4 is 17.5 Å². The number of aryl methyl sites for hydroxylation is 1. The molecule has 2 aliphatic rings. The summed E-state index contributed by atoms with van der Waals surface area (Å²) in [4.78, 5) is 23.3. The van der Waals surface area contributed by atoms with Gasteiger partial charge in [0.2, 0.25) is 5.67 Å². The zero-order valence-corrected chi connectivity index (χ0v) is 21.2. The van der Waals surface area contributed by atoms with Gasteiger partial charge in [0.15, 0.2) is 11.6 Å². The number of aromatic nitrogens is 4. The zero-order chi connectivity index (χ0) is 27.0. The van der Waals surface area contributed by atoms with E-state index >= 15 is 4.39 Å². The number of alkyl halides is 1. The van der Waals surface area contributed by atoms with Gasteiger partial charge in [0, 0.05) is 12.2 Å². The summed E-state index contributed by atoms with van der Waals surface area (Å²) in [5.41, 5.74) is 5.84. The average molecular weight is 523 g/mol. The molecule has 2 fully saturated rings. The normalized spacial score (nSPS) is 20.9. The fourth-order valence-electron chi connectivity index (χ4n) is 4.56. The zero-order valence-electron chi connectivity index (χ0n) is 21.2. The predicted molar refractivity (Wildman–Crippen MR) is 135 cm³/mol. The Morgan fingerprint density at radius 1 is 1.32 bits per heavy atom. The van der Waals surface area contributed by atoms with Crippen molar-refractivity contribution in [1.29, 1.82) is 5.26 Å². The van der Waals surface area contributed by atoms with Crippen LogP contribution in [0.25, 0.3) is 5.82 Å². The van der Waals surface area contributed by atoms with Crippen molar-refractivity contribution in [3.8, 4) is 11.9 Å². The fraction of sp³-hybridized carbons (Fsp3) is 0.400. The lowest BCUT2D eigenvalue weighted by molar-refractivity contribution is -0.135. The first kappa shape index (κ1) is 25.5. The third kappa shape index (κ3) is 5.00. The van der Waals surface area contributed by atoms with Crippen molar-refractivity contribution in [2.75, 3.05) is 23.3 Å². The molecule has 3 atom stereocenters. The lowest BCUT2D eigenvalue weighted by Crippen LogP contribution is -2.66. The third-order valence-electron chi connectivity index (χ3n) is 6.72. The van der Waals surface area contributed by atoms with Crippen LogP contribution in [0.5, 0.6) is 0 Å². The number of hydrogen-bond acceptors (Lipinski definition) is 9. The summed E-state index contributed by atoms with van der Waals surface area (Å²) in [7, 11) is 0. The number of carbonyl (C=O) groups is 1. The molecule has 2 saturated heterocycles. The number of hydrogen-bond donors (Lipinski definition) is 4. The van der Waals surface area contributed by atoms with Gasteiger partial charge in [-0.2, -0.15) is 10.4 Å². The molecule has 2 aliphatic heterocycles. The summed E-state index contributed by atoms with van der Waals surface area (Å²) in [5, 5.41) is 19.5. The van der Waals surface area contributed by atoms with E-state index in [-0.39, 0.29) is 19.3 Å². The van der Waals surface area contributed by atoms with Gasteiger partial charge in [-0.3, -0.25) is 10.2 Å². The number of anilines is 2. The largest absolute Gasteiger partial charge is 0.353 e. The number of halogens is 2. The lowest BCUT2D eigenvalue weighted by Gasteiger charge is -2.44. The molecule has 0 radical (unpaired) electrons. The number of rotatable bonds is 7. The van der Waals surface area contributed by atoms with Crippen molar-refractivity contribution in [1.82, 2.24) is 35.9 Å². The van der Waals surface area contributed by atoms with E-state index in [4.69, 9.17) is 0 Å². The first-order valence-corrected chi connectivity index (χ1v) is 12.3. The van der Waals surface area contributed by atoms with E-state index in [1.807, 2.05) is 0 Å². The van der Waals surface area contributed by atoms with Crippen LogP contribution in [0.1, 0.15) is 43.0 Å². The number of nitrogens with one attached hydrogen (secondary N) is 4. The van der Waals surface area contributed by atoms with Crippen LogP contribution in [-0.4, -0.2) is 56.6 Å². The average Bonchev–Trinajstić information content (AvgIpc) is 3.49. The quantitative estimate of drug-likeness (QED) is 0.367. The topological polar surface area (TPSA) is 136 Å². The maximum Gasteiger partial charge on any atom is 0.261 e. The van der Waals surface area contributed by atoms with E-state index in [9.17, 15) is 14.4 Å². The molecule has 5 heterocycles. The summed E-state index contributed by atoms with van der Waals surface area (Å²) in [5.74, 6) is 0.0904. The van der Waals surface area contributed by atoms with Crippen molar-refractivity contribution in [3.05, 3.63) is 59.3 Å². The first-order valence-electron chi connectivity index (χ1n) is 12.3. The van der Waals surface area contributed by atoms with Gasteiger partial charge in [0.05, 0.1) is 43.3 Å². The molecule has 5 rings (SSSR count). The molecule has 3 aromatic heterocycles. The lowest BCUT2D eigenvalue weighted by atomic mass is 9.93. The van der Waals surface area contributed by atoms with E-state index in [2.05, 4.69) is 49.5 Å². The third-order valence-corrected chi connectivity index (χ3v) is 6.72. The molecular weight excluding hydrogens is 494 g/mol. The van der Waals surface area contributed by atoms with Gasteiger partial charge >= 0.3 is 0 Å². The van der Waals surface area contributed by atoms with E-state index < -0.39 is 23.4 Å². The molecule has 38 heavy (non-hydrogen) atoms. The van der Waals surface area contributed by atoms with Crippen LogP contribution in [0.2, 0.25) is 0 Å². The Labute approximate surface area is 218 Å². The minimum absolute atomic E-state index is 0.0362. The second-order valence-electron chi connectivity index (χ2n) is 9.83. The van der Waals surface area contributed by atoms with Crippen molar-refractivity contribution in [2.24, 2.45) is 0 Å². The highest BCUT2D eigenvalue weighted by Gasteiger charge is 2.51. The smallest absolute Gasteiger partial charge is 0.261 e. The number of nitriles is 1. The van der Waals surface area contributed by atoms with Gasteiger partial charge < -0.3 is 15.5 Å². The van der Waals surface area contributed by atoms with Crippen LogP contribution in [0, 0.1) is 24.1 Å². The number of carbonyl (C=O) groups excluding carboxylic acids is 1. The van der Waals surface area contributed by atoms with Gasteiger partial charge in [-0.25, -0.2) is 28.9 Å². The summed E-state index contributed by atoms with van der Waals surface area (Å²) in [6, 6.07) is 7.06. The van der Waals surface area contributed by atoms with Crippen LogP contribution < -0.4 is 26.4 Å². The minimum atomic E-state index is -2.13. The predicted octanol–water partition coefficient (Wildman–Crippen LogP) is 2.01. The highest BCUT2D eigenvalue weighted by atomic mass is 19.1. The van der Waals surface area contributed by atoms with Gasteiger partial charge in [-0.1, -0.05) is 6.07 Å². The second kappa shape index (κ2) is 9.96. The Hall–Kier alpha value is -4.15. The summed E-state index contributed by atoms with van der Waals surface area (Å²) < 4.78 is 30.0. The molecule has 0 aromatic carbocycles. The Morgan fingerprint density at radius 2 is 2.11 bits per heavy atom. The van der Waals surface area contributed by atoms with Crippen LogP contribution in [0.3, 0.4) is 0 Å². The Bertz CT molecular complexity index is 1380. The second-order valence-corrected chi connectivity index (χ2v) is 9.83. The first-order chi connectivity index (χ1) is 18.1. The molecule has 1 amide bonds. The summed E-state index contributed by atoms with van der Waals surface area (Å²) >= 11 is 0. The van der Waals surface area contributed by atoms with Crippen LogP contribution >= 0.6 is 0 Å². The maximum absolute atomic E-state index is 15.5. The molecule has 0 spiro atoms. The van der Waals surface area contributed by atoms with Gasteiger partial charge in [-0.05, 0) is 50.5 Å². The van der Waals surface area contributed by atoms with Crippen LogP contribution in [0.4, 0.5) is 20.4 Å². The van der Waals surface area contributed by atoms with Crippen LogP contribution in [0.15, 0.2) is 36.8 Å². The Morgan fingerprint density at radius 3 is 2.71 bits per heavy atom. The van der Waals surface area contributed by atoms with Crippen molar-refractivity contribution in [3.63, 3.8) is 0 Å². The number of nitrogens with zero attached hydrogens (tertiary/aromatic N) is 6. The molecule has 0 aliphatic carbocycles.